The first-order valence-electron chi connectivity index (χ1n) is 15.8. The SMILES string of the molecule is CCCCc1cc(C(F)(F)C(F)(F)C(F)(F)C(F)(F)C(F)(F)C(F)(F)C(F)(F)C(F)(F)C(F)(F)C(F)(F)c2cc(CCCC)c(N)c(OC)c2)cc(OC)c1N. The molecule has 56 heavy (non-hydrogen) atoms. The second-order valence-electron chi connectivity index (χ2n) is 12.5. The van der Waals surface area contributed by atoms with Crippen molar-refractivity contribution in [1.82, 2.24) is 0 Å². The maximum atomic E-state index is 15.1. The van der Waals surface area contributed by atoms with Gasteiger partial charge in [-0.3, -0.25) is 0 Å². The molecule has 322 valence electrons. The number of methoxy groups -OCH3 is 2. The van der Waals surface area contributed by atoms with Crippen molar-refractivity contribution in [2.75, 3.05) is 25.7 Å². The predicted octanol–water partition coefficient (Wildman–Crippen LogP) is 11.5. The number of nitrogen functional groups attached to an aromatic ring is 2. The van der Waals surface area contributed by atoms with E-state index in [4.69, 9.17) is 11.5 Å². The number of rotatable bonds is 19. The van der Waals surface area contributed by atoms with Gasteiger partial charge in [-0.15, -0.1) is 0 Å². The molecule has 0 aliphatic heterocycles. The Labute approximate surface area is 304 Å². The molecule has 4 N–H and O–H groups in total. The van der Waals surface area contributed by atoms with Crippen molar-refractivity contribution in [2.45, 2.75) is 112 Å². The molecule has 2 rings (SSSR count). The number of anilines is 2. The van der Waals surface area contributed by atoms with Gasteiger partial charge < -0.3 is 20.9 Å². The summed E-state index contributed by atoms with van der Waals surface area (Å²) in [6.07, 6.45) is -0.461. The zero-order valence-electron chi connectivity index (χ0n) is 29.1. The summed E-state index contributed by atoms with van der Waals surface area (Å²) in [4.78, 5) is 0. The number of hydrogen-bond acceptors (Lipinski definition) is 4. The maximum Gasteiger partial charge on any atom is 0.385 e. The van der Waals surface area contributed by atoms with E-state index < -0.39 is 117 Å². The highest BCUT2D eigenvalue weighted by Gasteiger charge is 2.97. The largest absolute Gasteiger partial charge is 0.495 e. The van der Waals surface area contributed by atoms with Gasteiger partial charge in [0.05, 0.1) is 25.6 Å². The molecule has 2 aromatic rings. The molecule has 0 aromatic heterocycles. The van der Waals surface area contributed by atoms with Gasteiger partial charge in [-0.25, -0.2) is 0 Å². The molecule has 0 saturated carbocycles. The van der Waals surface area contributed by atoms with Gasteiger partial charge in [0, 0.05) is 11.1 Å². The van der Waals surface area contributed by atoms with Crippen LogP contribution in [0.2, 0.25) is 0 Å². The molecule has 0 bridgehead atoms. The summed E-state index contributed by atoms with van der Waals surface area (Å²) < 4.78 is 305. The Kier molecular flexibility index (Phi) is 13.1. The van der Waals surface area contributed by atoms with Crippen LogP contribution in [0.1, 0.15) is 61.8 Å². The van der Waals surface area contributed by atoms with Crippen molar-refractivity contribution in [3.05, 3.63) is 46.5 Å². The van der Waals surface area contributed by atoms with Crippen molar-refractivity contribution in [2.24, 2.45) is 0 Å². The van der Waals surface area contributed by atoms with E-state index in [9.17, 15) is 70.2 Å². The molecule has 0 saturated heterocycles. The Balaban J connectivity index is 2.79. The Morgan fingerprint density at radius 2 is 0.643 bits per heavy atom. The third-order valence-corrected chi connectivity index (χ3v) is 8.77. The van der Waals surface area contributed by atoms with Gasteiger partial charge in [-0.05, 0) is 61.1 Å². The Morgan fingerprint density at radius 1 is 0.411 bits per heavy atom. The van der Waals surface area contributed by atoms with Crippen LogP contribution in [-0.2, 0) is 24.7 Å². The molecule has 0 unspecified atom stereocenters. The number of alkyl halides is 20. The van der Waals surface area contributed by atoms with E-state index in [1.807, 2.05) is 0 Å². The van der Waals surface area contributed by atoms with Crippen molar-refractivity contribution in [1.29, 1.82) is 0 Å². The first kappa shape index (κ1) is 48.4. The van der Waals surface area contributed by atoms with Crippen LogP contribution in [0.3, 0.4) is 0 Å². The highest BCUT2D eigenvalue weighted by Crippen LogP contribution is 2.67. The minimum Gasteiger partial charge on any atom is -0.495 e. The summed E-state index contributed by atoms with van der Waals surface area (Å²) in [5.41, 5.74) is 3.68. The van der Waals surface area contributed by atoms with Gasteiger partial charge in [0.15, 0.2) is 0 Å². The molecule has 0 heterocycles. The zero-order chi connectivity index (χ0) is 44.1. The van der Waals surface area contributed by atoms with Crippen LogP contribution in [0.5, 0.6) is 11.5 Å². The fourth-order valence-corrected chi connectivity index (χ4v) is 5.16. The van der Waals surface area contributed by atoms with Crippen LogP contribution < -0.4 is 20.9 Å². The van der Waals surface area contributed by atoms with E-state index in [-0.39, 0.29) is 49.9 Å². The highest BCUT2D eigenvalue weighted by atomic mass is 19.4. The van der Waals surface area contributed by atoms with Crippen molar-refractivity contribution < 1.29 is 97.3 Å². The molecule has 24 heteroatoms. The number of halogens is 20. The minimum atomic E-state index is -9.16. The van der Waals surface area contributed by atoms with Crippen LogP contribution in [0.25, 0.3) is 0 Å². The molecule has 0 amide bonds. The predicted molar refractivity (Wildman–Crippen MR) is 159 cm³/mol. The zero-order valence-corrected chi connectivity index (χ0v) is 29.1. The fraction of sp³-hybridized carbons (Fsp3) is 0.625. The summed E-state index contributed by atoms with van der Waals surface area (Å²) in [5.74, 6) is -85.8. The number of benzene rings is 2. The normalized spacial score (nSPS) is 14.6. The monoisotopic (exact) mass is 856 g/mol. The Morgan fingerprint density at radius 3 is 0.857 bits per heavy atom. The van der Waals surface area contributed by atoms with Crippen LogP contribution in [0.4, 0.5) is 99.2 Å². The Bertz CT molecular complexity index is 1590. The molecule has 0 spiro atoms. The van der Waals surface area contributed by atoms with Crippen LogP contribution >= 0.6 is 0 Å². The maximum absolute atomic E-state index is 15.1. The Hall–Kier alpha value is -3.76. The molecule has 2 aromatic carbocycles. The molecular weight excluding hydrogens is 824 g/mol. The lowest BCUT2D eigenvalue weighted by molar-refractivity contribution is -0.470. The lowest BCUT2D eigenvalue weighted by atomic mass is 9.83. The minimum absolute atomic E-state index is 0.00764. The third kappa shape index (κ3) is 6.86. The van der Waals surface area contributed by atoms with Crippen molar-refractivity contribution in [3.63, 3.8) is 0 Å². The van der Waals surface area contributed by atoms with Crippen LogP contribution in [0, 0.1) is 0 Å². The van der Waals surface area contributed by atoms with Gasteiger partial charge in [0.25, 0.3) is 0 Å². The average molecular weight is 857 g/mol. The molecule has 0 fully saturated rings. The molecule has 4 nitrogen and oxygen atoms in total. The molecule has 0 aliphatic carbocycles. The number of hydrogen-bond donors (Lipinski definition) is 2. The van der Waals surface area contributed by atoms with Crippen LogP contribution in [0.15, 0.2) is 24.3 Å². The standard InChI is InChI=1S/C32H32F20N2O2/c1-5-7-9-15-11-17(13-19(55-3)21(15)53)23(33,34)25(37,38)27(41,42)29(45,46)31(49,50)32(51,52)30(47,48)28(43,44)26(39,40)24(35,36)18-12-16(10-8-6-2)22(54)20(14-18)56-4/h11-14H,5-10,53-54H2,1-4H3. The molecule has 0 aliphatic rings. The highest BCUT2D eigenvalue weighted by molar-refractivity contribution is 5.62. The third-order valence-electron chi connectivity index (χ3n) is 8.77. The summed E-state index contributed by atoms with van der Waals surface area (Å²) in [7, 11) is 1.26. The van der Waals surface area contributed by atoms with E-state index in [1.165, 1.54) is 13.8 Å². The summed E-state index contributed by atoms with van der Waals surface area (Å²) in [6, 6.07) is -0.883. The van der Waals surface area contributed by atoms with E-state index in [2.05, 4.69) is 9.47 Å². The number of aryl methyl sites for hydroxylation is 2. The number of unbranched alkanes of at least 4 members (excludes halogenated alkanes) is 2. The van der Waals surface area contributed by atoms with Crippen molar-refractivity contribution in [3.8, 4) is 11.5 Å². The topological polar surface area (TPSA) is 70.5 Å². The lowest BCUT2D eigenvalue weighted by Crippen LogP contribution is -2.76. The molecule has 0 atom stereocenters. The second kappa shape index (κ2) is 15.2. The molecule has 0 radical (unpaired) electrons. The summed E-state index contributed by atoms with van der Waals surface area (Å²) in [6.45, 7) is 2.96. The van der Waals surface area contributed by atoms with Crippen molar-refractivity contribution >= 4 is 11.4 Å². The van der Waals surface area contributed by atoms with Crippen LogP contribution in [-0.4, -0.2) is 61.6 Å². The second-order valence-corrected chi connectivity index (χ2v) is 12.5. The summed E-state index contributed by atoms with van der Waals surface area (Å²) in [5, 5.41) is 0. The van der Waals surface area contributed by atoms with Gasteiger partial charge in [0.1, 0.15) is 11.5 Å². The lowest BCUT2D eigenvalue weighted by Gasteiger charge is -2.45. The van der Waals surface area contributed by atoms with Gasteiger partial charge in [0.2, 0.25) is 0 Å². The van der Waals surface area contributed by atoms with E-state index in [1.54, 1.807) is 0 Å². The number of nitrogens with two attached hydrogens (primary N) is 2. The van der Waals surface area contributed by atoms with E-state index in [0.717, 1.165) is 0 Å². The van der Waals surface area contributed by atoms with E-state index >= 15 is 17.6 Å². The average Bonchev–Trinajstić information content (AvgIpc) is 3.09. The van der Waals surface area contributed by atoms with E-state index in [0.29, 0.717) is 14.2 Å². The number of ether oxygens (including phenoxy) is 2. The smallest absolute Gasteiger partial charge is 0.385 e. The van der Waals surface area contributed by atoms with Gasteiger partial charge >= 0.3 is 59.2 Å². The first-order chi connectivity index (χ1) is 25.0. The summed E-state index contributed by atoms with van der Waals surface area (Å²) >= 11 is 0. The quantitative estimate of drug-likeness (QED) is 0.109. The van der Waals surface area contributed by atoms with Gasteiger partial charge in [-0.1, -0.05) is 26.7 Å². The van der Waals surface area contributed by atoms with Gasteiger partial charge in [-0.2, -0.15) is 87.8 Å². The molecular formula is C32H32F20N2O2. The first-order valence-corrected chi connectivity index (χ1v) is 15.8. The fourth-order valence-electron chi connectivity index (χ4n) is 5.16.